The molecule has 0 bridgehead atoms. The van der Waals surface area contributed by atoms with Crippen LogP contribution in [0.2, 0.25) is 0 Å². The van der Waals surface area contributed by atoms with E-state index in [1.54, 1.807) is 30.3 Å². The lowest BCUT2D eigenvalue weighted by Gasteiger charge is -2.23. The standard InChI is InChI=1S/C18H16F3N5O/c19-18(20,21)16-13-14(15(27)11-4-2-1-3-5-11)25-26(17(13)24-10-23-16)12-6-8-22-9-7-12/h1-5,10,12,22H,6-9H2. The molecule has 0 spiro atoms. The molecule has 0 atom stereocenters. The Hall–Kier alpha value is -2.81. The minimum atomic E-state index is -4.71. The summed E-state index contributed by atoms with van der Waals surface area (Å²) in [6.07, 6.45) is -2.45. The Balaban J connectivity index is 1.95. The van der Waals surface area contributed by atoms with E-state index >= 15 is 0 Å². The molecule has 0 saturated carbocycles. The Morgan fingerprint density at radius 1 is 1.11 bits per heavy atom. The number of fused-ring (bicyclic) bond motifs is 1. The highest BCUT2D eigenvalue weighted by molar-refractivity contribution is 6.15. The van der Waals surface area contributed by atoms with E-state index in [4.69, 9.17) is 0 Å². The van der Waals surface area contributed by atoms with Gasteiger partial charge in [0.05, 0.1) is 11.4 Å². The van der Waals surface area contributed by atoms with Gasteiger partial charge in [-0.25, -0.2) is 14.6 Å². The predicted octanol–water partition coefficient (Wildman–Crippen LogP) is 3.00. The molecule has 3 heterocycles. The smallest absolute Gasteiger partial charge is 0.317 e. The number of nitrogens with zero attached hydrogens (tertiary/aromatic N) is 4. The van der Waals surface area contributed by atoms with Crippen molar-refractivity contribution in [1.29, 1.82) is 0 Å². The Morgan fingerprint density at radius 2 is 1.81 bits per heavy atom. The zero-order chi connectivity index (χ0) is 19.0. The maximum absolute atomic E-state index is 13.6. The molecule has 27 heavy (non-hydrogen) atoms. The molecule has 1 aromatic carbocycles. The summed E-state index contributed by atoms with van der Waals surface area (Å²) in [5.74, 6) is -0.575. The fourth-order valence-corrected chi connectivity index (χ4v) is 3.38. The highest BCUT2D eigenvalue weighted by Crippen LogP contribution is 2.36. The number of hydrogen-bond acceptors (Lipinski definition) is 5. The summed E-state index contributed by atoms with van der Waals surface area (Å²) in [7, 11) is 0. The number of aromatic nitrogens is 4. The van der Waals surface area contributed by atoms with Crippen molar-refractivity contribution < 1.29 is 18.0 Å². The van der Waals surface area contributed by atoms with Gasteiger partial charge in [0.15, 0.2) is 11.3 Å². The zero-order valence-electron chi connectivity index (χ0n) is 14.2. The maximum Gasteiger partial charge on any atom is 0.434 e. The molecule has 6 nitrogen and oxygen atoms in total. The van der Waals surface area contributed by atoms with Crippen LogP contribution in [0.1, 0.15) is 40.6 Å². The number of carbonyl (C=O) groups is 1. The van der Waals surface area contributed by atoms with Crippen molar-refractivity contribution in [2.75, 3.05) is 13.1 Å². The number of benzene rings is 1. The van der Waals surface area contributed by atoms with Gasteiger partial charge in [0.2, 0.25) is 5.78 Å². The number of carbonyl (C=O) groups excluding carboxylic acids is 1. The van der Waals surface area contributed by atoms with Crippen molar-refractivity contribution in [3.63, 3.8) is 0 Å². The quantitative estimate of drug-likeness (QED) is 0.713. The lowest BCUT2D eigenvalue weighted by molar-refractivity contribution is -0.139. The lowest BCUT2D eigenvalue weighted by atomic mass is 10.1. The minimum absolute atomic E-state index is 0.0449. The van der Waals surface area contributed by atoms with Crippen LogP contribution in [0.5, 0.6) is 0 Å². The molecular weight excluding hydrogens is 359 g/mol. The van der Waals surface area contributed by atoms with Gasteiger partial charge in [-0.2, -0.15) is 18.3 Å². The van der Waals surface area contributed by atoms with Gasteiger partial charge in [-0.1, -0.05) is 30.3 Å². The van der Waals surface area contributed by atoms with Crippen LogP contribution in [0.25, 0.3) is 11.0 Å². The average molecular weight is 375 g/mol. The van der Waals surface area contributed by atoms with E-state index in [-0.39, 0.29) is 28.3 Å². The Labute approximate surface area is 152 Å². The molecule has 0 aliphatic carbocycles. The first-order valence-corrected chi connectivity index (χ1v) is 8.57. The van der Waals surface area contributed by atoms with Crippen LogP contribution in [0.15, 0.2) is 36.7 Å². The monoisotopic (exact) mass is 375 g/mol. The van der Waals surface area contributed by atoms with Gasteiger partial charge in [-0.05, 0) is 25.9 Å². The number of hydrogen-bond donors (Lipinski definition) is 1. The molecule has 9 heteroatoms. The van der Waals surface area contributed by atoms with E-state index in [1.165, 1.54) is 4.68 Å². The fraction of sp³-hybridized carbons (Fsp3) is 0.333. The Kier molecular flexibility index (Phi) is 4.39. The molecule has 1 saturated heterocycles. The number of piperidine rings is 1. The molecule has 0 amide bonds. The Morgan fingerprint density at radius 3 is 2.48 bits per heavy atom. The number of rotatable bonds is 3. The third-order valence-corrected chi connectivity index (χ3v) is 4.66. The molecule has 3 aromatic rings. The molecule has 1 aliphatic heterocycles. The molecule has 1 aliphatic rings. The summed E-state index contributed by atoms with van der Waals surface area (Å²) >= 11 is 0. The highest BCUT2D eigenvalue weighted by atomic mass is 19.4. The normalized spacial score (nSPS) is 16.0. The van der Waals surface area contributed by atoms with Gasteiger partial charge in [0.1, 0.15) is 12.0 Å². The predicted molar refractivity (Wildman–Crippen MR) is 91.3 cm³/mol. The van der Waals surface area contributed by atoms with Gasteiger partial charge in [0, 0.05) is 5.56 Å². The summed E-state index contributed by atoms with van der Waals surface area (Å²) in [6, 6.07) is 8.01. The topological polar surface area (TPSA) is 72.7 Å². The molecular formula is C18H16F3N5O. The van der Waals surface area contributed by atoms with Crippen LogP contribution in [-0.4, -0.2) is 38.6 Å². The van der Waals surface area contributed by atoms with E-state index in [9.17, 15) is 18.0 Å². The van der Waals surface area contributed by atoms with E-state index in [2.05, 4.69) is 20.4 Å². The summed E-state index contributed by atoms with van der Waals surface area (Å²) in [6.45, 7) is 1.45. The number of ketones is 1. The number of halogens is 3. The summed E-state index contributed by atoms with van der Waals surface area (Å²) in [4.78, 5) is 20.4. The maximum atomic E-state index is 13.6. The lowest BCUT2D eigenvalue weighted by Crippen LogP contribution is -2.30. The third-order valence-electron chi connectivity index (χ3n) is 4.66. The number of alkyl halides is 3. The van der Waals surface area contributed by atoms with E-state index in [0.29, 0.717) is 12.8 Å². The number of nitrogens with one attached hydrogen (secondary N) is 1. The molecule has 2 aromatic heterocycles. The van der Waals surface area contributed by atoms with Crippen LogP contribution >= 0.6 is 0 Å². The first kappa shape index (κ1) is 17.6. The fourth-order valence-electron chi connectivity index (χ4n) is 3.38. The third kappa shape index (κ3) is 3.18. The van der Waals surface area contributed by atoms with Gasteiger partial charge in [-0.15, -0.1) is 0 Å². The van der Waals surface area contributed by atoms with Crippen molar-refractivity contribution in [3.05, 3.63) is 53.6 Å². The minimum Gasteiger partial charge on any atom is -0.317 e. The largest absolute Gasteiger partial charge is 0.434 e. The van der Waals surface area contributed by atoms with Crippen LogP contribution in [0, 0.1) is 0 Å². The first-order chi connectivity index (χ1) is 13.0. The second-order valence-corrected chi connectivity index (χ2v) is 6.39. The summed E-state index contributed by atoms with van der Waals surface area (Å²) in [5, 5.41) is 7.17. The van der Waals surface area contributed by atoms with E-state index in [0.717, 1.165) is 19.4 Å². The Bertz CT molecular complexity index is 978. The molecule has 0 unspecified atom stereocenters. The average Bonchev–Trinajstić information content (AvgIpc) is 3.07. The summed E-state index contributed by atoms with van der Waals surface area (Å²) < 4.78 is 42.2. The highest BCUT2D eigenvalue weighted by Gasteiger charge is 2.39. The second-order valence-electron chi connectivity index (χ2n) is 6.39. The van der Waals surface area contributed by atoms with Gasteiger partial charge in [0.25, 0.3) is 0 Å². The van der Waals surface area contributed by atoms with Gasteiger partial charge >= 0.3 is 6.18 Å². The van der Waals surface area contributed by atoms with Gasteiger partial charge < -0.3 is 5.32 Å². The van der Waals surface area contributed by atoms with Crippen LogP contribution in [0.3, 0.4) is 0 Å². The van der Waals surface area contributed by atoms with Crippen molar-refractivity contribution >= 4 is 16.8 Å². The van der Waals surface area contributed by atoms with Crippen molar-refractivity contribution in [2.24, 2.45) is 0 Å². The van der Waals surface area contributed by atoms with Crippen LogP contribution in [0.4, 0.5) is 13.2 Å². The molecule has 4 rings (SSSR count). The van der Waals surface area contributed by atoms with E-state index < -0.39 is 17.7 Å². The van der Waals surface area contributed by atoms with Gasteiger partial charge in [-0.3, -0.25) is 4.79 Å². The molecule has 140 valence electrons. The second kappa shape index (κ2) is 6.73. The SMILES string of the molecule is O=C(c1ccccc1)c1nn(C2CCNCC2)c2ncnc(C(F)(F)F)c12. The van der Waals surface area contributed by atoms with E-state index in [1.807, 2.05) is 0 Å². The van der Waals surface area contributed by atoms with Crippen LogP contribution < -0.4 is 5.32 Å². The van der Waals surface area contributed by atoms with Crippen molar-refractivity contribution in [3.8, 4) is 0 Å². The first-order valence-electron chi connectivity index (χ1n) is 8.57. The molecule has 0 radical (unpaired) electrons. The van der Waals surface area contributed by atoms with Crippen molar-refractivity contribution in [1.82, 2.24) is 25.1 Å². The zero-order valence-corrected chi connectivity index (χ0v) is 14.2. The molecule has 1 N–H and O–H groups in total. The summed E-state index contributed by atoms with van der Waals surface area (Å²) in [5.41, 5.74) is -1.08. The van der Waals surface area contributed by atoms with Crippen molar-refractivity contribution in [2.45, 2.75) is 25.1 Å². The molecule has 1 fully saturated rings. The van der Waals surface area contributed by atoms with Crippen LogP contribution in [-0.2, 0) is 6.18 Å².